The minimum absolute atomic E-state index is 0.0795. The third-order valence-electron chi connectivity index (χ3n) is 2.43. The summed E-state index contributed by atoms with van der Waals surface area (Å²) < 4.78 is 0. The fraction of sp³-hybridized carbons (Fsp3) is 0.154. The number of anilines is 2. The zero-order valence-corrected chi connectivity index (χ0v) is 12.5. The van der Waals surface area contributed by atoms with Gasteiger partial charge in [0.2, 0.25) is 5.91 Å². The van der Waals surface area contributed by atoms with Crippen LogP contribution in [0.5, 0.6) is 0 Å². The summed E-state index contributed by atoms with van der Waals surface area (Å²) in [6.07, 6.45) is 0. The highest BCUT2D eigenvalue weighted by molar-refractivity contribution is 7.10. The Morgan fingerprint density at radius 1 is 1.26 bits per heavy atom. The van der Waals surface area contributed by atoms with Crippen LogP contribution in [0.25, 0.3) is 0 Å². The van der Waals surface area contributed by atoms with E-state index in [1.54, 1.807) is 23.5 Å². The number of hydrogen-bond acceptors (Lipinski definition) is 3. The monoisotopic (exact) mass is 314 g/mol. The van der Waals surface area contributed by atoms with Crippen molar-refractivity contribution in [2.45, 2.75) is 13.5 Å². The van der Waals surface area contributed by atoms with E-state index in [2.05, 4.69) is 10.6 Å². The summed E-state index contributed by atoms with van der Waals surface area (Å²) in [6, 6.07) is 7.18. The van der Waals surface area contributed by atoms with Gasteiger partial charge in [-0.2, -0.15) is 0 Å². The predicted molar refractivity (Wildman–Crippen MR) is 82.4 cm³/mol. The Morgan fingerprint density at radius 2 is 2.05 bits per heavy atom. The number of benzene rings is 1. The van der Waals surface area contributed by atoms with Gasteiger partial charge in [-0.1, -0.05) is 23.2 Å². The fourth-order valence-electron chi connectivity index (χ4n) is 1.59. The molecule has 0 radical (unpaired) electrons. The predicted octanol–water partition coefficient (Wildman–Crippen LogP) is 4.63. The molecule has 2 rings (SSSR count). The van der Waals surface area contributed by atoms with E-state index in [0.717, 1.165) is 16.3 Å². The molecule has 0 bridgehead atoms. The molecule has 6 heteroatoms. The minimum Gasteiger partial charge on any atom is -0.379 e. The molecule has 2 N–H and O–H groups in total. The van der Waals surface area contributed by atoms with Crippen LogP contribution in [-0.4, -0.2) is 5.91 Å². The van der Waals surface area contributed by atoms with E-state index in [0.29, 0.717) is 16.6 Å². The van der Waals surface area contributed by atoms with Crippen LogP contribution in [0, 0.1) is 0 Å². The quantitative estimate of drug-likeness (QED) is 0.864. The van der Waals surface area contributed by atoms with Gasteiger partial charge >= 0.3 is 0 Å². The topological polar surface area (TPSA) is 41.1 Å². The summed E-state index contributed by atoms with van der Waals surface area (Å²) >= 11 is 13.5. The van der Waals surface area contributed by atoms with Crippen molar-refractivity contribution < 1.29 is 4.79 Å². The second kappa shape index (κ2) is 6.28. The van der Waals surface area contributed by atoms with Crippen LogP contribution in [0.3, 0.4) is 0 Å². The Kier molecular flexibility index (Phi) is 4.69. The molecule has 19 heavy (non-hydrogen) atoms. The first-order valence-corrected chi connectivity index (χ1v) is 7.22. The smallest absolute Gasteiger partial charge is 0.221 e. The van der Waals surface area contributed by atoms with Crippen LogP contribution >= 0.6 is 34.5 Å². The molecule has 0 aliphatic carbocycles. The maximum absolute atomic E-state index is 11.1. The number of rotatable bonds is 4. The van der Waals surface area contributed by atoms with Gasteiger partial charge < -0.3 is 10.6 Å². The Bertz CT molecular complexity index is 598. The third kappa shape index (κ3) is 3.86. The highest BCUT2D eigenvalue weighted by atomic mass is 35.5. The maximum atomic E-state index is 11.1. The Hall–Kier alpha value is -1.23. The molecular weight excluding hydrogens is 303 g/mol. The van der Waals surface area contributed by atoms with Gasteiger partial charge in [-0.25, -0.2) is 0 Å². The lowest BCUT2D eigenvalue weighted by molar-refractivity contribution is -0.114. The average molecular weight is 315 g/mol. The zero-order chi connectivity index (χ0) is 13.8. The van der Waals surface area contributed by atoms with Crippen LogP contribution in [0.4, 0.5) is 11.4 Å². The third-order valence-corrected chi connectivity index (χ3v) is 3.90. The molecule has 1 amide bonds. The van der Waals surface area contributed by atoms with Crippen molar-refractivity contribution in [2.75, 3.05) is 10.6 Å². The summed E-state index contributed by atoms with van der Waals surface area (Å²) in [6.45, 7) is 2.08. The standard InChI is InChI=1S/C13H12Cl2N2OS/c1-8(18)17-12-4-5-19-13(12)7-16-11-3-2-9(14)6-10(11)15/h2-6,16H,7H2,1H3,(H,17,18). The number of hydrogen-bond donors (Lipinski definition) is 2. The van der Waals surface area contributed by atoms with E-state index in [1.807, 2.05) is 17.5 Å². The molecule has 0 aliphatic heterocycles. The molecule has 1 heterocycles. The van der Waals surface area contributed by atoms with Crippen molar-refractivity contribution >= 4 is 51.8 Å². The average Bonchev–Trinajstić information content (AvgIpc) is 2.74. The molecule has 0 saturated heterocycles. The second-order valence-electron chi connectivity index (χ2n) is 3.92. The van der Waals surface area contributed by atoms with Crippen LogP contribution in [0.2, 0.25) is 10.0 Å². The number of carbonyl (C=O) groups excluding carboxylic acids is 1. The number of amides is 1. The first-order valence-electron chi connectivity index (χ1n) is 5.59. The van der Waals surface area contributed by atoms with E-state index < -0.39 is 0 Å². The number of nitrogens with one attached hydrogen (secondary N) is 2. The van der Waals surface area contributed by atoms with Crippen LogP contribution in [0.1, 0.15) is 11.8 Å². The lowest BCUT2D eigenvalue weighted by Crippen LogP contribution is -2.08. The van der Waals surface area contributed by atoms with E-state index in [-0.39, 0.29) is 5.91 Å². The molecule has 1 aromatic heterocycles. The SMILES string of the molecule is CC(=O)Nc1ccsc1CNc1ccc(Cl)cc1Cl. The van der Waals surface area contributed by atoms with Crippen LogP contribution in [0.15, 0.2) is 29.6 Å². The first-order chi connectivity index (χ1) is 9.06. The molecule has 0 atom stereocenters. The lowest BCUT2D eigenvalue weighted by Gasteiger charge is -2.09. The highest BCUT2D eigenvalue weighted by Crippen LogP contribution is 2.28. The summed E-state index contributed by atoms with van der Waals surface area (Å²) in [4.78, 5) is 12.1. The van der Waals surface area contributed by atoms with E-state index in [4.69, 9.17) is 23.2 Å². The summed E-state index contributed by atoms with van der Waals surface area (Å²) in [5.41, 5.74) is 1.64. The Balaban J connectivity index is 2.06. The van der Waals surface area contributed by atoms with Crippen molar-refractivity contribution in [3.63, 3.8) is 0 Å². The molecular formula is C13H12Cl2N2OS. The Labute approximate surface area is 125 Å². The van der Waals surface area contributed by atoms with Gasteiger partial charge in [0.25, 0.3) is 0 Å². The number of thiophene rings is 1. The molecule has 0 saturated carbocycles. The normalized spacial score (nSPS) is 10.3. The molecule has 100 valence electrons. The molecule has 0 fully saturated rings. The highest BCUT2D eigenvalue weighted by Gasteiger charge is 2.07. The zero-order valence-electron chi connectivity index (χ0n) is 10.2. The van der Waals surface area contributed by atoms with Gasteiger partial charge in [0.1, 0.15) is 0 Å². The lowest BCUT2D eigenvalue weighted by atomic mass is 10.3. The van der Waals surface area contributed by atoms with Crippen molar-refractivity contribution in [3.05, 3.63) is 44.6 Å². The maximum Gasteiger partial charge on any atom is 0.221 e. The van der Waals surface area contributed by atoms with Crippen molar-refractivity contribution in [3.8, 4) is 0 Å². The van der Waals surface area contributed by atoms with Gasteiger partial charge in [0.15, 0.2) is 0 Å². The Morgan fingerprint density at radius 3 is 2.74 bits per heavy atom. The van der Waals surface area contributed by atoms with Crippen LogP contribution < -0.4 is 10.6 Å². The molecule has 2 aromatic rings. The van der Waals surface area contributed by atoms with Crippen molar-refractivity contribution in [1.29, 1.82) is 0 Å². The van der Waals surface area contributed by atoms with Gasteiger partial charge in [0, 0.05) is 16.8 Å². The van der Waals surface area contributed by atoms with Crippen molar-refractivity contribution in [2.24, 2.45) is 0 Å². The number of halogens is 2. The number of carbonyl (C=O) groups is 1. The van der Waals surface area contributed by atoms with E-state index in [9.17, 15) is 4.79 Å². The van der Waals surface area contributed by atoms with E-state index in [1.165, 1.54) is 6.92 Å². The summed E-state index contributed by atoms with van der Waals surface area (Å²) in [5, 5.41) is 9.13. The van der Waals surface area contributed by atoms with Crippen molar-refractivity contribution in [1.82, 2.24) is 0 Å². The summed E-state index contributed by atoms with van der Waals surface area (Å²) in [7, 11) is 0. The largest absolute Gasteiger partial charge is 0.379 e. The van der Waals surface area contributed by atoms with Gasteiger partial charge in [0.05, 0.1) is 22.9 Å². The molecule has 1 aromatic carbocycles. The summed E-state index contributed by atoms with van der Waals surface area (Å²) in [5.74, 6) is -0.0795. The second-order valence-corrected chi connectivity index (χ2v) is 5.76. The first kappa shape index (κ1) is 14.2. The fourth-order valence-corrected chi connectivity index (χ4v) is 2.83. The van der Waals surface area contributed by atoms with E-state index >= 15 is 0 Å². The van der Waals surface area contributed by atoms with Gasteiger partial charge in [-0.3, -0.25) is 4.79 Å². The molecule has 0 unspecified atom stereocenters. The van der Waals surface area contributed by atoms with Gasteiger partial charge in [-0.15, -0.1) is 11.3 Å². The van der Waals surface area contributed by atoms with Gasteiger partial charge in [-0.05, 0) is 29.6 Å². The minimum atomic E-state index is -0.0795. The van der Waals surface area contributed by atoms with Crippen LogP contribution in [-0.2, 0) is 11.3 Å². The molecule has 0 aliphatic rings. The molecule has 3 nitrogen and oxygen atoms in total. The molecule has 0 spiro atoms.